The van der Waals surface area contributed by atoms with Crippen LogP contribution in [0.15, 0.2) is 59.4 Å². The average Bonchev–Trinajstić information content (AvgIpc) is 3.58. The lowest BCUT2D eigenvalue weighted by atomic mass is 10.1. The fraction of sp³-hybridized carbons (Fsp3) is 0.125. The molecule has 0 fully saturated rings. The summed E-state index contributed by atoms with van der Waals surface area (Å²) in [7, 11) is 3.35. The predicted octanol–water partition coefficient (Wildman–Crippen LogP) is 3.86. The van der Waals surface area contributed by atoms with E-state index in [4.69, 9.17) is 15.7 Å². The molecule has 37 heavy (non-hydrogen) atoms. The Morgan fingerprint density at radius 3 is 2.65 bits per heavy atom. The lowest BCUT2D eigenvalue weighted by Gasteiger charge is -2.16. The van der Waals surface area contributed by atoms with E-state index in [2.05, 4.69) is 45.7 Å². The summed E-state index contributed by atoms with van der Waals surface area (Å²) < 4.78 is 12.9. The molecule has 3 N–H and O–H groups in total. The van der Waals surface area contributed by atoms with Gasteiger partial charge in [0.15, 0.2) is 11.6 Å². The first kappa shape index (κ1) is 23.4. The molecule has 0 aliphatic rings. The number of methoxy groups -OCH3 is 1. The molecular formula is C24H20N10O3. The van der Waals surface area contributed by atoms with Crippen LogP contribution in [0.4, 0.5) is 28.8 Å². The highest BCUT2D eigenvalue weighted by atomic mass is 16.5. The van der Waals surface area contributed by atoms with Gasteiger partial charge in [-0.15, -0.1) is 15.2 Å². The van der Waals surface area contributed by atoms with E-state index in [1.807, 2.05) is 18.2 Å². The Balaban J connectivity index is 1.57. The quantitative estimate of drug-likeness (QED) is 0.268. The van der Waals surface area contributed by atoms with Gasteiger partial charge >= 0.3 is 0 Å². The number of aliphatic hydroxyl groups is 1. The Morgan fingerprint density at radius 1 is 1.05 bits per heavy atom. The monoisotopic (exact) mass is 496 g/mol. The van der Waals surface area contributed by atoms with Crippen LogP contribution in [0.3, 0.4) is 0 Å². The SMILES string of the molecule is [C-]#[N+]c1cccc(Nc2cc(Nc3cccc(-c4ncn(C)n4)c3OC)c(-c3nnc(CO)o3)cn2)n1. The molecule has 4 aromatic heterocycles. The molecule has 0 saturated heterocycles. The second kappa shape index (κ2) is 10.1. The lowest BCUT2D eigenvalue weighted by Crippen LogP contribution is -2.02. The summed E-state index contributed by atoms with van der Waals surface area (Å²) in [5.74, 6) is 2.44. The third kappa shape index (κ3) is 4.90. The molecular weight excluding hydrogens is 476 g/mol. The van der Waals surface area contributed by atoms with E-state index < -0.39 is 6.61 Å². The lowest BCUT2D eigenvalue weighted by molar-refractivity contribution is 0.241. The van der Waals surface area contributed by atoms with Crippen molar-refractivity contribution in [3.8, 4) is 28.6 Å². The Hall–Kier alpha value is -5.35. The van der Waals surface area contributed by atoms with Gasteiger partial charge in [0.25, 0.3) is 11.7 Å². The molecule has 1 aromatic carbocycles. The van der Waals surface area contributed by atoms with Crippen molar-refractivity contribution in [2.24, 2.45) is 7.05 Å². The second-order valence-corrected chi connectivity index (χ2v) is 7.65. The van der Waals surface area contributed by atoms with Gasteiger partial charge in [-0.05, 0) is 18.2 Å². The largest absolute Gasteiger partial charge is 0.494 e. The van der Waals surface area contributed by atoms with Crippen LogP contribution >= 0.6 is 0 Å². The highest BCUT2D eigenvalue weighted by Gasteiger charge is 2.19. The molecule has 13 heteroatoms. The maximum absolute atomic E-state index is 9.37. The fourth-order valence-electron chi connectivity index (χ4n) is 3.55. The molecule has 184 valence electrons. The van der Waals surface area contributed by atoms with Crippen molar-refractivity contribution in [3.63, 3.8) is 0 Å². The minimum absolute atomic E-state index is 0.0733. The van der Waals surface area contributed by atoms with E-state index in [1.165, 1.54) is 0 Å². The average molecular weight is 496 g/mol. The number of nitrogens with one attached hydrogen (secondary N) is 2. The predicted molar refractivity (Wildman–Crippen MR) is 134 cm³/mol. The molecule has 0 aliphatic heterocycles. The highest BCUT2D eigenvalue weighted by molar-refractivity contribution is 5.84. The third-order valence-corrected chi connectivity index (χ3v) is 5.17. The summed E-state index contributed by atoms with van der Waals surface area (Å²) in [5.41, 5.74) is 2.36. The molecule has 0 atom stereocenters. The molecule has 0 bridgehead atoms. The van der Waals surface area contributed by atoms with Gasteiger partial charge in [-0.25, -0.2) is 9.97 Å². The van der Waals surface area contributed by atoms with Crippen molar-refractivity contribution in [3.05, 3.63) is 72.3 Å². The van der Waals surface area contributed by atoms with Gasteiger partial charge in [0.1, 0.15) is 18.8 Å². The number of rotatable bonds is 8. The Labute approximate surface area is 210 Å². The first-order valence-electron chi connectivity index (χ1n) is 10.9. The zero-order valence-corrected chi connectivity index (χ0v) is 19.7. The summed E-state index contributed by atoms with van der Waals surface area (Å²) >= 11 is 0. The normalized spacial score (nSPS) is 10.6. The van der Waals surface area contributed by atoms with Gasteiger partial charge in [-0.3, -0.25) is 4.68 Å². The Morgan fingerprint density at radius 2 is 1.92 bits per heavy atom. The summed E-state index contributed by atoms with van der Waals surface area (Å²) in [6.45, 7) is 6.80. The van der Waals surface area contributed by atoms with E-state index in [1.54, 1.807) is 55.6 Å². The molecule has 5 aromatic rings. The number of para-hydroxylation sites is 1. The maximum Gasteiger partial charge on any atom is 0.271 e. The standard InChI is InChI=1S/C24H20N10O3/c1-25-18-8-5-9-19(29-18)30-20-10-17(15(11-26-20)24-32-31-21(12-35)37-24)28-16-7-4-6-14(22(16)36-3)23-27-13-34(2)33-23/h4-11,13,35H,12H2,2-3H3,(H2,26,28,29,30). The van der Waals surface area contributed by atoms with Gasteiger partial charge in [-0.2, -0.15) is 5.10 Å². The molecule has 0 unspecified atom stereocenters. The van der Waals surface area contributed by atoms with Gasteiger partial charge in [0.2, 0.25) is 11.7 Å². The molecule has 0 amide bonds. The first-order valence-corrected chi connectivity index (χ1v) is 10.9. The van der Waals surface area contributed by atoms with Gasteiger partial charge in [0, 0.05) is 25.4 Å². The minimum atomic E-state index is -0.390. The molecule has 4 heterocycles. The van der Waals surface area contributed by atoms with Crippen LogP contribution in [0.1, 0.15) is 5.89 Å². The summed E-state index contributed by atoms with van der Waals surface area (Å²) in [5, 5.41) is 28.1. The van der Waals surface area contributed by atoms with E-state index in [0.717, 1.165) is 0 Å². The number of hydrogen-bond acceptors (Lipinski definition) is 11. The van der Waals surface area contributed by atoms with Crippen molar-refractivity contribution >= 4 is 28.8 Å². The van der Waals surface area contributed by atoms with Gasteiger partial charge in [-0.1, -0.05) is 18.7 Å². The zero-order chi connectivity index (χ0) is 25.8. The Bertz CT molecular complexity index is 1600. The Kier molecular flexibility index (Phi) is 6.39. The van der Waals surface area contributed by atoms with E-state index >= 15 is 0 Å². The van der Waals surface area contributed by atoms with Gasteiger partial charge < -0.3 is 29.7 Å². The minimum Gasteiger partial charge on any atom is -0.494 e. The van der Waals surface area contributed by atoms with Crippen molar-refractivity contribution in [1.82, 2.24) is 34.9 Å². The second-order valence-electron chi connectivity index (χ2n) is 7.65. The van der Waals surface area contributed by atoms with Crippen molar-refractivity contribution < 1.29 is 14.3 Å². The number of hydrogen-bond donors (Lipinski definition) is 3. The molecule has 0 spiro atoms. The topological polar surface area (TPSA) is 153 Å². The number of anilines is 4. The molecule has 0 radical (unpaired) electrons. The van der Waals surface area contributed by atoms with E-state index in [-0.39, 0.29) is 17.6 Å². The third-order valence-electron chi connectivity index (χ3n) is 5.17. The van der Waals surface area contributed by atoms with Crippen molar-refractivity contribution in [1.29, 1.82) is 0 Å². The number of aryl methyl sites for hydroxylation is 1. The van der Waals surface area contributed by atoms with Crippen LogP contribution in [0.2, 0.25) is 0 Å². The molecule has 0 saturated carbocycles. The number of pyridine rings is 2. The van der Waals surface area contributed by atoms with Crippen molar-refractivity contribution in [2.75, 3.05) is 17.7 Å². The number of benzene rings is 1. The van der Waals surface area contributed by atoms with Crippen LogP contribution < -0.4 is 15.4 Å². The van der Waals surface area contributed by atoms with Crippen LogP contribution in [0.5, 0.6) is 5.75 Å². The summed E-state index contributed by atoms with van der Waals surface area (Å²) in [6, 6.07) is 12.4. The van der Waals surface area contributed by atoms with Gasteiger partial charge in [0.05, 0.1) is 29.6 Å². The van der Waals surface area contributed by atoms with Crippen LogP contribution in [0.25, 0.3) is 27.7 Å². The summed E-state index contributed by atoms with van der Waals surface area (Å²) in [4.78, 5) is 16.4. The number of nitrogens with zero attached hydrogens (tertiary/aromatic N) is 8. The number of aliphatic hydroxyl groups excluding tert-OH is 1. The maximum atomic E-state index is 9.37. The molecule has 0 aliphatic carbocycles. The molecule has 13 nitrogen and oxygen atoms in total. The highest BCUT2D eigenvalue weighted by Crippen LogP contribution is 2.39. The zero-order valence-electron chi connectivity index (χ0n) is 19.7. The van der Waals surface area contributed by atoms with Crippen molar-refractivity contribution in [2.45, 2.75) is 6.61 Å². The van der Waals surface area contributed by atoms with E-state index in [9.17, 15) is 5.11 Å². The molecule has 5 rings (SSSR count). The number of aromatic nitrogens is 7. The van der Waals surface area contributed by atoms with Crippen LogP contribution in [-0.2, 0) is 13.7 Å². The van der Waals surface area contributed by atoms with E-state index in [0.29, 0.717) is 45.7 Å². The summed E-state index contributed by atoms with van der Waals surface area (Å²) in [6.07, 6.45) is 3.16. The first-order chi connectivity index (χ1) is 18.1. The van der Waals surface area contributed by atoms with Crippen LogP contribution in [-0.4, -0.2) is 47.1 Å². The fourth-order valence-corrected chi connectivity index (χ4v) is 3.55. The number of ether oxygens (including phenoxy) is 1. The van der Waals surface area contributed by atoms with Crippen LogP contribution in [0, 0.1) is 6.57 Å². The smallest absolute Gasteiger partial charge is 0.271 e.